The third-order valence-corrected chi connectivity index (χ3v) is 11.9. The van der Waals surface area contributed by atoms with Crippen molar-refractivity contribution in [2.24, 2.45) is 0 Å². The summed E-state index contributed by atoms with van der Waals surface area (Å²) in [6.45, 7) is 3.99. The van der Waals surface area contributed by atoms with Crippen molar-refractivity contribution in [2.75, 3.05) is 47.5 Å². The third kappa shape index (κ3) is 50.6. The van der Waals surface area contributed by atoms with Crippen molar-refractivity contribution in [1.29, 1.82) is 0 Å². The van der Waals surface area contributed by atoms with E-state index in [1.165, 1.54) is 70.6 Å². The van der Waals surface area contributed by atoms with Crippen molar-refractivity contribution in [1.82, 2.24) is 0 Å². The Morgan fingerprint density at radius 1 is 0.470 bits per heavy atom. The number of likely N-dealkylation sites (N-methyl/N-ethyl adjacent to an activating group) is 1. The van der Waals surface area contributed by atoms with Gasteiger partial charge in [-0.3, -0.25) is 14.2 Å². The summed E-state index contributed by atoms with van der Waals surface area (Å²) in [5.41, 5.74) is 0. The number of ether oxygens (including phenoxy) is 2. The number of phosphoric ester groups is 1. The molecule has 0 saturated carbocycles. The van der Waals surface area contributed by atoms with E-state index in [2.05, 4.69) is 98.9 Å². The maximum atomic E-state index is 12.8. The van der Waals surface area contributed by atoms with Gasteiger partial charge in [-0.1, -0.05) is 195 Å². The normalized spacial score (nSPS) is 14.1. The lowest BCUT2D eigenvalue weighted by Crippen LogP contribution is -2.37. The Bertz CT molecular complexity index is 1390. The Kier molecular flexibility index (Phi) is 45.3. The number of esters is 2. The van der Waals surface area contributed by atoms with Crippen molar-refractivity contribution in [3.8, 4) is 0 Å². The van der Waals surface area contributed by atoms with Crippen molar-refractivity contribution in [3.63, 3.8) is 0 Å². The van der Waals surface area contributed by atoms with E-state index in [0.717, 1.165) is 96.3 Å². The highest BCUT2D eigenvalue weighted by atomic mass is 31.2. The van der Waals surface area contributed by atoms with Crippen LogP contribution in [0.25, 0.3) is 0 Å². The zero-order chi connectivity index (χ0) is 48.5. The number of hydrogen-bond donors (Lipinski definition) is 0. The van der Waals surface area contributed by atoms with E-state index < -0.39 is 32.5 Å². The maximum Gasteiger partial charge on any atom is 0.306 e. The highest BCUT2D eigenvalue weighted by molar-refractivity contribution is 7.45. The number of carbonyl (C=O) groups excluding carboxylic acids is 2. The summed E-state index contributed by atoms with van der Waals surface area (Å²) in [6.07, 6.45) is 61.9. The Hall–Kier alpha value is -2.81. The largest absolute Gasteiger partial charge is 0.756 e. The van der Waals surface area contributed by atoms with Crippen LogP contribution in [0, 0.1) is 0 Å². The van der Waals surface area contributed by atoms with Crippen LogP contribution in [0.5, 0.6) is 0 Å². The molecule has 380 valence electrons. The van der Waals surface area contributed by atoms with Gasteiger partial charge < -0.3 is 27.9 Å². The number of phosphoric acid groups is 1. The van der Waals surface area contributed by atoms with E-state index in [4.69, 9.17) is 18.5 Å². The summed E-state index contributed by atoms with van der Waals surface area (Å²) in [5, 5.41) is 0. The second kappa shape index (κ2) is 47.3. The molecule has 0 rings (SSSR count). The van der Waals surface area contributed by atoms with Crippen LogP contribution in [-0.2, 0) is 32.7 Å². The Labute approximate surface area is 405 Å². The SMILES string of the molecule is CC/C=C\C/C=C\C/C=C\C/C=C\CCCCCCCCCCCCCCCCC(=O)OC(COC(=O)CCCCCCC/C=C\C/C=C\C/C=C\CC)COP(=O)([O-])OCC[N+](C)(C)C. The van der Waals surface area contributed by atoms with Gasteiger partial charge >= 0.3 is 11.9 Å². The molecule has 0 aromatic heterocycles. The molecule has 0 spiro atoms. The molecule has 10 heteroatoms. The number of allylic oxidation sites excluding steroid dienone is 14. The highest BCUT2D eigenvalue weighted by Gasteiger charge is 2.21. The topological polar surface area (TPSA) is 111 Å². The monoisotopic (exact) mass is 944 g/mol. The molecule has 2 atom stereocenters. The van der Waals surface area contributed by atoms with Crippen molar-refractivity contribution in [3.05, 3.63) is 85.1 Å². The minimum atomic E-state index is -4.64. The van der Waals surface area contributed by atoms with Gasteiger partial charge in [0.2, 0.25) is 0 Å². The van der Waals surface area contributed by atoms with Crippen LogP contribution in [0.3, 0.4) is 0 Å². The standard InChI is InChI=1S/C56H98NO8P/c1-6-8-10-12-14-16-18-20-22-23-24-25-26-27-28-29-30-31-32-33-35-37-39-41-43-45-47-49-56(59)65-54(53-64-66(60,61)63-51-50-57(3,4)5)52-62-55(58)48-46-44-42-40-38-36-34-21-19-17-15-13-11-9-7-2/h8-11,14-17,20-22,24-25,34,54H,6-7,12-13,18-19,23,26-33,35-53H2,1-5H3/b10-8-,11-9-,16-14-,17-15-,22-20-,25-24-,34-21-. The molecular weight excluding hydrogens is 846 g/mol. The summed E-state index contributed by atoms with van der Waals surface area (Å²) in [7, 11) is 1.15. The summed E-state index contributed by atoms with van der Waals surface area (Å²) in [5.74, 6) is -0.857. The predicted molar refractivity (Wildman–Crippen MR) is 277 cm³/mol. The molecule has 0 aromatic carbocycles. The number of unbranched alkanes of at least 4 members (excludes halogenated alkanes) is 19. The first-order valence-corrected chi connectivity index (χ1v) is 27.8. The second-order valence-electron chi connectivity index (χ2n) is 18.5. The molecule has 9 nitrogen and oxygen atoms in total. The zero-order valence-corrected chi connectivity index (χ0v) is 43.8. The molecule has 0 fully saturated rings. The first-order chi connectivity index (χ1) is 32.0. The fourth-order valence-corrected chi connectivity index (χ4v) is 7.62. The van der Waals surface area contributed by atoms with E-state index in [0.29, 0.717) is 23.9 Å². The molecule has 2 unspecified atom stereocenters. The van der Waals surface area contributed by atoms with Gasteiger partial charge in [-0.05, 0) is 83.5 Å². The van der Waals surface area contributed by atoms with E-state index in [9.17, 15) is 19.0 Å². The number of carbonyl (C=O) groups is 2. The first-order valence-electron chi connectivity index (χ1n) is 26.3. The van der Waals surface area contributed by atoms with Gasteiger partial charge in [-0.2, -0.15) is 0 Å². The lowest BCUT2D eigenvalue weighted by Gasteiger charge is -2.28. The molecule has 0 aliphatic carbocycles. The smallest absolute Gasteiger partial charge is 0.306 e. The zero-order valence-electron chi connectivity index (χ0n) is 42.9. The molecule has 0 radical (unpaired) electrons. The Balaban J connectivity index is 4.19. The quantitative estimate of drug-likeness (QED) is 0.0195. The van der Waals surface area contributed by atoms with Crippen molar-refractivity contribution >= 4 is 19.8 Å². The lowest BCUT2D eigenvalue weighted by atomic mass is 10.0. The molecule has 0 heterocycles. The van der Waals surface area contributed by atoms with Gasteiger partial charge in [-0.25, -0.2) is 0 Å². The van der Waals surface area contributed by atoms with Crippen LogP contribution in [0.1, 0.15) is 206 Å². The molecule has 0 aliphatic heterocycles. The number of hydrogen-bond acceptors (Lipinski definition) is 8. The summed E-state index contributed by atoms with van der Waals surface area (Å²) < 4.78 is 34.0. The van der Waals surface area contributed by atoms with Crippen molar-refractivity contribution < 1.29 is 42.1 Å². The van der Waals surface area contributed by atoms with Gasteiger partial charge in [0.05, 0.1) is 27.7 Å². The van der Waals surface area contributed by atoms with Crippen LogP contribution in [-0.4, -0.2) is 70.0 Å². The van der Waals surface area contributed by atoms with Crippen LogP contribution in [0.2, 0.25) is 0 Å². The fraction of sp³-hybridized carbons (Fsp3) is 0.714. The summed E-state index contributed by atoms with van der Waals surface area (Å²) >= 11 is 0. The average molecular weight is 944 g/mol. The predicted octanol–water partition coefficient (Wildman–Crippen LogP) is 15.3. The molecule has 0 aliphatic rings. The molecule has 66 heavy (non-hydrogen) atoms. The van der Waals surface area contributed by atoms with Gasteiger partial charge in [0.1, 0.15) is 19.8 Å². The minimum Gasteiger partial charge on any atom is -0.756 e. The van der Waals surface area contributed by atoms with Crippen LogP contribution in [0.4, 0.5) is 0 Å². The number of rotatable bonds is 47. The summed E-state index contributed by atoms with van der Waals surface area (Å²) in [6, 6.07) is 0. The van der Waals surface area contributed by atoms with Crippen LogP contribution < -0.4 is 4.89 Å². The fourth-order valence-electron chi connectivity index (χ4n) is 6.90. The highest BCUT2D eigenvalue weighted by Crippen LogP contribution is 2.38. The van der Waals surface area contributed by atoms with Gasteiger partial charge in [0.15, 0.2) is 6.10 Å². The lowest BCUT2D eigenvalue weighted by molar-refractivity contribution is -0.870. The Morgan fingerprint density at radius 2 is 0.818 bits per heavy atom. The van der Waals surface area contributed by atoms with Crippen LogP contribution >= 0.6 is 7.82 Å². The first kappa shape index (κ1) is 63.2. The van der Waals surface area contributed by atoms with E-state index in [1.807, 2.05) is 21.1 Å². The summed E-state index contributed by atoms with van der Waals surface area (Å²) in [4.78, 5) is 37.7. The van der Waals surface area contributed by atoms with E-state index in [1.54, 1.807) is 0 Å². The molecular formula is C56H98NO8P. The molecule has 0 amide bonds. The number of quaternary nitrogens is 1. The average Bonchev–Trinajstić information content (AvgIpc) is 3.27. The molecule has 0 aromatic rings. The van der Waals surface area contributed by atoms with Crippen molar-refractivity contribution in [2.45, 2.75) is 213 Å². The van der Waals surface area contributed by atoms with Gasteiger partial charge in [0.25, 0.3) is 7.82 Å². The molecule has 0 bridgehead atoms. The van der Waals surface area contributed by atoms with Crippen LogP contribution in [0.15, 0.2) is 85.1 Å². The molecule has 0 N–H and O–H groups in total. The van der Waals surface area contributed by atoms with Gasteiger partial charge in [-0.15, -0.1) is 0 Å². The molecule has 0 saturated heterocycles. The third-order valence-electron chi connectivity index (χ3n) is 10.9. The minimum absolute atomic E-state index is 0.0373. The van der Waals surface area contributed by atoms with E-state index in [-0.39, 0.29) is 26.1 Å². The number of nitrogens with zero attached hydrogens (tertiary/aromatic N) is 1. The van der Waals surface area contributed by atoms with Gasteiger partial charge in [0, 0.05) is 12.8 Å². The second-order valence-corrected chi connectivity index (χ2v) is 19.9. The Morgan fingerprint density at radius 3 is 1.21 bits per heavy atom. The maximum absolute atomic E-state index is 12.8. The van der Waals surface area contributed by atoms with E-state index >= 15 is 0 Å².